The maximum atomic E-state index is 12.9. The van der Waals surface area contributed by atoms with Crippen LogP contribution in [0.4, 0.5) is 5.69 Å². The molecule has 0 saturated heterocycles. The summed E-state index contributed by atoms with van der Waals surface area (Å²) in [7, 11) is 0. The summed E-state index contributed by atoms with van der Waals surface area (Å²) >= 11 is 0. The number of carbonyl (C=O) groups excluding carboxylic acids is 1. The Hall–Kier alpha value is -3.48. The van der Waals surface area contributed by atoms with Gasteiger partial charge in [0.1, 0.15) is 6.17 Å². The SMILES string of the molecule is CCOC(=O)CC1Nc2ccccc2-c2nc(=O)c(-c3ccc(C(C)C)cc3)nn21. The highest BCUT2D eigenvalue weighted by Crippen LogP contribution is 2.35. The molecule has 4 rings (SSSR count). The fraction of sp³-hybridized carbons (Fsp3) is 0.304. The Bertz CT molecular complexity index is 1140. The van der Waals surface area contributed by atoms with Crippen molar-refractivity contribution in [2.45, 2.75) is 39.3 Å². The van der Waals surface area contributed by atoms with Gasteiger partial charge in [0.05, 0.1) is 13.0 Å². The van der Waals surface area contributed by atoms with Gasteiger partial charge in [-0.05, 0) is 30.5 Å². The first kappa shape index (κ1) is 19.8. The van der Waals surface area contributed by atoms with Crippen LogP contribution in [0.15, 0.2) is 53.3 Å². The average Bonchev–Trinajstić information content (AvgIpc) is 2.73. The molecule has 7 heteroatoms. The quantitative estimate of drug-likeness (QED) is 0.648. The van der Waals surface area contributed by atoms with E-state index in [-0.39, 0.29) is 18.1 Å². The van der Waals surface area contributed by atoms with Crippen LogP contribution >= 0.6 is 0 Å². The van der Waals surface area contributed by atoms with Crippen molar-refractivity contribution in [3.8, 4) is 22.6 Å². The second-order valence-electron chi connectivity index (χ2n) is 7.53. The van der Waals surface area contributed by atoms with Crippen molar-refractivity contribution in [1.82, 2.24) is 14.8 Å². The van der Waals surface area contributed by atoms with Crippen LogP contribution in [0.5, 0.6) is 0 Å². The lowest BCUT2D eigenvalue weighted by Gasteiger charge is -2.29. The average molecular weight is 404 g/mol. The molecule has 2 aromatic carbocycles. The number of nitrogens with one attached hydrogen (secondary N) is 1. The first-order valence-corrected chi connectivity index (χ1v) is 10.1. The Labute approximate surface area is 174 Å². The van der Waals surface area contributed by atoms with Gasteiger partial charge in [-0.15, -0.1) is 0 Å². The molecule has 1 aromatic heterocycles. The number of esters is 1. The zero-order valence-corrected chi connectivity index (χ0v) is 17.3. The first-order chi connectivity index (χ1) is 14.5. The highest BCUT2D eigenvalue weighted by atomic mass is 16.5. The van der Waals surface area contributed by atoms with Crippen LogP contribution in [0.3, 0.4) is 0 Å². The molecule has 0 aliphatic carbocycles. The van der Waals surface area contributed by atoms with E-state index in [2.05, 4.69) is 29.2 Å². The van der Waals surface area contributed by atoms with Gasteiger partial charge >= 0.3 is 5.97 Å². The van der Waals surface area contributed by atoms with Crippen LogP contribution in [0.25, 0.3) is 22.6 Å². The number of para-hydroxylation sites is 1. The van der Waals surface area contributed by atoms with Crippen LogP contribution in [0.2, 0.25) is 0 Å². The molecule has 1 aliphatic heterocycles. The summed E-state index contributed by atoms with van der Waals surface area (Å²) in [5.74, 6) is 0.485. The number of anilines is 1. The maximum Gasteiger partial charge on any atom is 0.309 e. The third-order valence-corrected chi connectivity index (χ3v) is 5.14. The summed E-state index contributed by atoms with van der Waals surface area (Å²) in [6, 6.07) is 15.3. The lowest BCUT2D eigenvalue weighted by atomic mass is 10.0. The number of hydrogen-bond donors (Lipinski definition) is 1. The molecule has 7 nitrogen and oxygen atoms in total. The lowest BCUT2D eigenvalue weighted by molar-refractivity contribution is -0.143. The molecule has 0 bridgehead atoms. The zero-order chi connectivity index (χ0) is 21.3. The summed E-state index contributed by atoms with van der Waals surface area (Å²) < 4.78 is 6.74. The van der Waals surface area contributed by atoms with Crippen molar-refractivity contribution in [3.05, 3.63) is 64.4 Å². The molecule has 3 aromatic rings. The second kappa shape index (κ2) is 8.10. The summed E-state index contributed by atoms with van der Waals surface area (Å²) in [6.07, 6.45) is -0.436. The summed E-state index contributed by atoms with van der Waals surface area (Å²) in [5.41, 5.74) is 3.30. The number of rotatable bonds is 5. The van der Waals surface area contributed by atoms with E-state index < -0.39 is 11.7 Å². The molecule has 1 atom stereocenters. The van der Waals surface area contributed by atoms with E-state index in [1.165, 1.54) is 5.56 Å². The molecular weight excluding hydrogens is 380 g/mol. The molecule has 30 heavy (non-hydrogen) atoms. The van der Waals surface area contributed by atoms with Crippen molar-refractivity contribution in [1.29, 1.82) is 0 Å². The predicted molar refractivity (Wildman–Crippen MR) is 115 cm³/mol. The van der Waals surface area contributed by atoms with Crippen LogP contribution in [0, 0.1) is 0 Å². The zero-order valence-electron chi connectivity index (χ0n) is 17.3. The third-order valence-electron chi connectivity index (χ3n) is 5.14. The maximum absolute atomic E-state index is 12.9. The molecule has 2 heterocycles. The molecule has 0 saturated carbocycles. The Morgan fingerprint density at radius 2 is 1.90 bits per heavy atom. The summed E-state index contributed by atoms with van der Waals surface area (Å²) in [4.78, 5) is 29.4. The largest absolute Gasteiger partial charge is 0.466 e. The number of carbonyl (C=O) groups is 1. The van der Waals surface area contributed by atoms with Gasteiger partial charge in [0.15, 0.2) is 11.5 Å². The van der Waals surface area contributed by atoms with Gasteiger partial charge in [-0.2, -0.15) is 10.1 Å². The van der Waals surface area contributed by atoms with Crippen LogP contribution in [-0.2, 0) is 9.53 Å². The number of nitrogens with zero attached hydrogens (tertiary/aromatic N) is 3. The van der Waals surface area contributed by atoms with E-state index in [0.717, 1.165) is 11.3 Å². The van der Waals surface area contributed by atoms with Gasteiger partial charge in [-0.1, -0.05) is 50.2 Å². The van der Waals surface area contributed by atoms with Gasteiger partial charge in [0, 0.05) is 16.8 Å². The minimum Gasteiger partial charge on any atom is -0.466 e. The van der Waals surface area contributed by atoms with Gasteiger partial charge < -0.3 is 10.1 Å². The normalized spacial score (nSPS) is 14.6. The molecule has 0 fully saturated rings. The number of fused-ring (bicyclic) bond motifs is 3. The van der Waals surface area contributed by atoms with E-state index in [4.69, 9.17) is 4.74 Å². The number of hydrogen-bond acceptors (Lipinski definition) is 6. The molecule has 1 N–H and O–H groups in total. The molecule has 0 radical (unpaired) electrons. The highest BCUT2D eigenvalue weighted by molar-refractivity contribution is 5.78. The minimum atomic E-state index is -0.504. The fourth-order valence-corrected chi connectivity index (χ4v) is 3.57. The third kappa shape index (κ3) is 3.70. The highest BCUT2D eigenvalue weighted by Gasteiger charge is 2.28. The van der Waals surface area contributed by atoms with E-state index in [9.17, 15) is 9.59 Å². The van der Waals surface area contributed by atoms with Crippen molar-refractivity contribution < 1.29 is 9.53 Å². The molecule has 1 aliphatic rings. The van der Waals surface area contributed by atoms with Crippen molar-refractivity contribution in [2.24, 2.45) is 0 Å². The first-order valence-electron chi connectivity index (χ1n) is 10.1. The van der Waals surface area contributed by atoms with Crippen molar-refractivity contribution in [2.75, 3.05) is 11.9 Å². The van der Waals surface area contributed by atoms with Crippen LogP contribution in [0.1, 0.15) is 44.8 Å². The van der Waals surface area contributed by atoms with E-state index in [0.29, 0.717) is 23.9 Å². The topological polar surface area (TPSA) is 86.1 Å². The predicted octanol–water partition coefficient (Wildman–Crippen LogP) is 3.97. The van der Waals surface area contributed by atoms with Gasteiger partial charge in [-0.25, -0.2) is 4.68 Å². The van der Waals surface area contributed by atoms with E-state index in [1.54, 1.807) is 11.6 Å². The fourth-order valence-electron chi connectivity index (χ4n) is 3.57. The van der Waals surface area contributed by atoms with Gasteiger partial charge in [-0.3, -0.25) is 9.59 Å². The number of ether oxygens (including phenoxy) is 1. The summed E-state index contributed by atoms with van der Waals surface area (Å²) in [6.45, 7) is 6.31. The van der Waals surface area contributed by atoms with Crippen LogP contribution < -0.4 is 10.9 Å². The monoisotopic (exact) mass is 404 g/mol. The van der Waals surface area contributed by atoms with E-state index in [1.807, 2.05) is 48.5 Å². The Morgan fingerprint density at radius 3 is 2.60 bits per heavy atom. The van der Waals surface area contributed by atoms with Crippen molar-refractivity contribution >= 4 is 11.7 Å². The van der Waals surface area contributed by atoms with Crippen LogP contribution in [-0.4, -0.2) is 27.3 Å². The minimum absolute atomic E-state index is 0.0679. The molecule has 0 amide bonds. The number of aromatic nitrogens is 3. The standard InChI is InChI=1S/C23H24N4O3/c1-4-30-20(28)13-19-24-18-8-6-5-7-17(18)22-25-23(29)21(26-27(19)22)16-11-9-15(10-12-16)14(2)3/h5-12,14,19,24H,4,13H2,1-3H3. The van der Waals surface area contributed by atoms with Crippen molar-refractivity contribution in [3.63, 3.8) is 0 Å². The molecule has 154 valence electrons. The van der Waals surface area contributed by atoms with Gasteiger partial charge in [0.25, 0.3) is 5.56 Å². The summed E-state index contributed by atoms with van der Waals surface area (Å²) in [5, 5.41) is 7.94. The molecule has 0 spiro atoms. The Balaban J connectivity index is 1.82. The lowest BCUT2D eigenvalue weighted by Crippen LogP contribution is -2.33. The molecular formula is C23H24N4O3. The Kier molecular flexibility index (Phi) is 5.35. The van der Waals surface area contributed by atoms with Gasteiger partial charge in [0.2, 0.25) is 0 Å². The smallest absolute Gasteiger partial charge is 0.309 e. The Morgan fingerprint density at radius 1 is 1.17 bits per heavy atom. The number of benzene rings is 2. The van der Waals surface area contributed by atoms with E-state index >= 15 is 0 Å². The molecule has 1 unspecified atom stereocenters. The second-order valence-corrected chi connectivity index (χ2v) is 7.53.